The van der Waals surface area contributed by atoms with Gasteiger partial charge in [0.25, 0.3) is 5.91 Å². The molecule has 1 heterocycles. The van der Waals surface area contributed by atoms with Crippen LogP contribution in [0.1, 0.15) is 53.1 Å². The van der Waals surface area contributed by atoms with Crippen molar-refractivity contribution in [2.75, 3.05) is 13.1 Å². The molecule has 0 radical (unpaired) electrons. The second-order valence-electron chi connectivity index (χ2n) is 8.10. The number of halogens is 2. The summed E-state index contributed by atoms with van der Waals surface area (Å²) in [5.41, 5.74) is 4.82. The second kappa shape index (κ2) is 9.61. The van der Waals surface area contributed by atoms with Crippen molar-refractivity contribution in [2.24, 2.45) is 0 Å². The fourth-order valence-electron chi connectivity index (χ4n) is 4.18. The molecule has 32 heavy (non-hydrogen) atoms. The Morgan fingerprint density at radius 3 is 2.44 bits per heavy atom. The number of nitrogens with zero attached hydrogens (tertiary/aromatic N) is 3. The fraction of sp³-hybridized carbons (Fsp3) is 0.360. The van der Waals surface area contributed by atoms with Crippen LogP contribution in [0, 0.1) is 11.6 Å². The summed E-state index contributed by atoms with van der Waals surface area (Å²) in [5.74, 6) is -2.09. The van der Waals surface area contributed by atoms with Gasteiger partial charge in [-0.3, -0.25) is 9.69 Å². The Kier molecular flexibility index (Phi) is 6.65. The third-order valence-corrected chi connectivity index (χ3v) is 6.07. The van der Waals surface area contributed by atoms with Crippen molar-refractivity contribution in [1.29, 1.82) is 0 Å². The molecule has 0 unspecified atom stereocenters. The standard InChI is InChI=1S/C25H28F2N4O/c1-3-30(4-2)16-18-10-8-17(9-11-18)15-28-25(32)24-20-6-5-7-23(20)31(29-24)19-12-13-21(26)22(27)14-19/h8-14H,3-7,15-16H2,1-2H3,(H,28,32). The third-order valence-electron chi connectivity index (χ3n) is 6.07. The van der Waals surface area contributed by atoms with Gasteiger partial charge in [0.1, 0.15) is 0 Å². The smallest absolute Gasteiger partial charge is 0.272 e. The minimum absolute atomic E-state index is 0.253. The highest BCUT2D eigenvalue weighted by molar-refractivity contribution is 5.94. The van der Waals surface area contributed by atoms with E-state index in [1.54, 1.807) is 4.68 Å². The molecule has 2 aromatic carbocycles. The predicted molar refractivity (Wildman–Crippen MR) is 120 cm³/mol. The van der Waals surface area contributed by atoms with Gasteiger partial charge >= 0.3 is 0 Å². The zero-order valence-corrected chi connectivity index (χ0v) is 18.5. The van der Waals surface area contributed by atoms with E-state index >= 15 is 0 Å². The van der Waals surface area contributed by atoms with E-state index in [4.69, 9.17) is 0 Å². The minimum Gasteiger partial charge on any atom is -0.347 e. The molecule has 1 N–H and O–H groups in total. The first-order chi connectivity index (χ1) is 15.5. The lowest BCUT2D eigenvalue weighted by Gasteiger charge is -2.18. The lowest BCUT2D eigenvalue weighted by atomic mass is 10.1. The second-order valence-corrected chi connectivity index (χ2v) is 8.10. The zero-order valence-electron chi connectivity index (χ0n) is 18.5. The number of amides is 1. The van der Waals surface area contributed by atoms with Gasteiger partial charge in [-0.2, -0.15) is 5.10 Å². The molecule has 0 saturated heterocycles. The van der Waals surface area contributed by atoms with Crippen LogP contribution in [0.15, 0.2) is 42.5 Å². The largest absolute Gasteiger partial charge is 0.347 e. The average molecular weight is 439 g/mol. The lowest BCUT2D eigenvalue weighted by molar-refractivity contribution is 0.0944. The molecule has 5 nitrogen and oxygen atoms in total. The lowest BCUT2D eigenvalue weighted by Crippen LogP contribution is -2.24. The number of hydrogen-bond acceptors (Lipinski definition) is 3. The summed E-state index contributed by atoms with van der Waals surface area (Å²) in [6, 6.07) is 11.9. The Labute approximate surface area is 187 Å². The number of hydrogen-bond donors (Lipinski definition) is 1. The Balaban J connectivity index is 1.47. The minimum atomic E-state index is -0.930. The van der Waals surface area contributed by atoms with Gasteiger partial charge in [-0.25, -0.2) is 13.5 Å². The summed E-state index contributed by atoms with van der Waals surface area (Å²) in [4.78, 5) is 15.3. The van der Waals surface area contributed by atoms with Crippen molar-refractivity contribution in [3.05, 3.63) is 82.2 Å². The van der Waals surface area contributed by atoms with E-state index in [1.165, 1.54) is 11.6 Å². The highest BCUT2D eigenvalue weighted by Crippen LogP contribution is 2.28. The highest BCUT2D eigenvalue weighted by atomic mass is 19.2. The summed E-state index contributed by atoms with van der Waals surface area (Å²) in [5, 5.41) is 7.41. The van der Waals surface area contributed by atoms with Crippen LogP contribution in [-0.2, 0) is 25.9 Å². The van der Waals surface area contributed by atoms with Gasteiger partial charge in [-0.05, 0) is 55.6 Å². The first-order valence-corrected chi connectivity index (χ1v) is 11.1. The molecule has 0 fully saturated rings. The van der Waals surface area contributed by atoms with E-state index in [-0.39, 0.29) is 5.91 Å². The Morgan fingerprint density at radius 2 is 1.75 bits per heavy atom. The van der Waals surface area contributed by atoms with Crippen molar-refractivity contribution >= 4 is 5.91 Å². The topological polar surface area (TPSA) is 50.2 Å². The van der Waals surface area contributed by atoms with Crippen molar-refractivity contribution in [3.63, 3.8) is 0 Å². The third kappa shape index (κ3) is 4.58. The number of fused-ring (bicyclic) bond motifs is 1. The van der Waals surface area contributed by atoms with Crippen LogP contribution in [0.2, 0.25) is 0 Å². The monoisotopic (exact) mass is 438 g/mol. The molecule has 3 aromatic rings. The van der Waals surface area contributed by atoms with Crippen LogP contribution in [0.25, 0.3) is 5.69 Å². The van der Waals surface area contributed by atoms with Crippen LogP contribution in [0.3, 0.4) is 0 Å². The molecule has 1 amide bonds. The molecular weight excluding hydrogens is 410 g/mol. The van der Waals surface area contributed by atoms with Crippen molar-refractivity contribution < 1.29 is 13.6 Å². The first-order valence-electron chi connectivity index (χ1n) is 11.1. The van der Waals surface area contributed by atoms with Gasteiger partial charge in [0.2, 0.25) is 0 Å². The predicted octanol–water partition coefficient (Wildman–Crippen LogP) is 4.41. The summed E-state index contributed by atoms with van der Waals surface area (Å²) >= 11 is 0. The van der Waals surface area contributed by atoms with E-state index in [1.807, 2.05) is 12.1 Å². The Bertz CT molecular complexity index is 1100. The molecule has 4 rings (SSSR count). The van der Waals surface area contributed by atoms with Crippen LogP contribution in [0.5, 0.6) is 0 Å². The van der Waals surface area contributed by atoms with Crippen molar-refractivity contribution in [3.8, 4) is 5.69 Å². The SMILES string of the molecule is CCN(CC)Cc1ccc(CNC(=O)c2nn(-c3ccc(F)c(F)c3)c3c2CCC3)cc1. The van der Waals surface area contributed by atoms with Crippen LogP contribution >= 0.6 is 0 Å². The average Bonchev–Trinajstić information content (AvgIpc) is 3.41. The summed E-state index contributed by atoms with van der Waals surface area (Å²) in [7, 11) is 0. The van der Waals surface area contributed by atoms with Crippen LogP contribution < -0.4 is 5.32 Å². The molecule has 168 valence electrons. The van der Waals surface area contributed by atoms with Gasteiger partial charge in [-0.15, -0.1) is 0 Å². The fourth-order valence-corrected chi connectivity index (χ4v) is 4.18. The Hall–Kier alpha value is -3.06. The van der Waals surface area contributed by atoms with Crippen molar-refractivity contribution in [1.82, 2.24) is 20.0 Å². The van der Waals surface area contributed by atoms with E-state index in [0.717, 1.165) is 67.9 Å². The van der Waals surface area contributed by atoms with E-state index in [9.17, 15) is 13.6 Å². The number of aromatic nitrogens is 2. The quantitative estimate of drug-likeness (QED) is 0.567. The molecule has 0 atom stereocenters. The molecule has 1 aromatic heterocycles. The molecule has 1 aliphatic rings. The van der Waals surface area contributed by atoms with E-state index < -0.39 is 11.6 Å². The zero-order chi connectivity index (χ0) is 22.7. The van der Waals surface area contributed by atoms with Gasteiger partial charge < -0.3 is 5.32 Å². The molecule has 1 aliphatic carbocycles. The van der Waals surface area contributed by atoms with Gasteiger partial charge in [0, 0.05) is 30.4 Å². The van der Waals surface area contributed by atoms with Gasteiger partial charge in [-0.1, -0.05) is 38.1 Å². The first kappa shape index (κ1) is 22.1. The Morgan fingerprint density at radius 1 is 1.03 bits per heavy atom. The number of nitrogens with one attached hydrogen (secondary N) is 1. The summed E-state index contributed by atoms with van der Waals surface area (Å²) in [6.07, 6.45) is 2.41. The maximum atomic E-state index is 13.7. The summed E-state index contributed by atoms with van der Waals surface area (Å²) < 4.78 is 28.6. The van der Waals surface area contributed by atoms with Crippen LogP contribution in [-0.4, -0.2) is 33.7 Å². The maximum absolute atomic E-state index is 13.7. The number of carbonyl (C=O) groups is 1. The number of benzene rings is 2. The number of carbonyl (C=O) groups excluding carboxylic acids is 1. The normalized spacial score (nSPS) is 12.9. The number of rotatable bonds is 8. The van der Waals surface area contributed by atoms with Crippen molar-refractivity contribution in [2.45, 2.75) is 46.2 Å². The molecule has 0 bridgehead atoms. The highest BCUT2D eigenvalue weighted by Gasteiger charge is 2.27. The summed E-state index contributed by atoms with van der Waals surface area (Å²) in [6.45, 7) is 7.63. The molecule has 7 heteroatoms. The molecular formula is C25H28F2N4O. The maximum Gasteiger partial charge on any atom is 0.272 e. The molecule has 0 saturated carbocycles. The van der Waals surface area contributed by atoms with E-state index in [0.29, 0.717) is 17.9 Å². The van der Waals surface area contributed by atoms with E-state index in [2.05, 4.69) is 41.3 Å². The molecule has 0 spiro atoms. The van der Waals surface area contributed by atoms with Crippen LogP contribution in [0.4, 0.5) is 8.78 Å². The molecule has 0 aliphatic heterocycles. The van der Waals surface area contributed by atoms with Gasteiger partial charge in [0.15, 0.2) is 17.3 Å². The van der Waals surface area contributed by atoms with Gasteiger partial charge in [0.05, 0.1) is 5.69 Å².